The average Bonchev–Trinajstić information content (AvgIpc) is 2.38. The summed E-state index contributed by atoms with van der Waals surface area (Å²) < 4.78 is 37.9. The van der Waals surface area contributed by atoms with Crippen LogP contribution in [0.2, 0.25) is 0 Å². The van der Waals surface area contributed by atoms with E-state index in [1.807, 2.05) is 0 Å². The highest BCUT2D eigenvalue weighted by molar-refractivity contribution is 7.99. The predicted molar refractivity (Wildman–Crippen MR) is 62.7 cm³/mol. The van der Waals surface area contributed by atoms with Crippen molar-refractivity contribution in [2.45, 2.75) is 16.4 Å². The third kappa shape index (κ3) is 3.53. The van der Waals surface area contributed by atoms with Crippen molar-refractivity contribution in [2.24, 2.45) is 0 Å². The minimum atomic E-state index is -4.60. The molecule has 19 heavy (non-hydrogen) atoms. The van der Waals surface area contributed by atoms with Crippen molar-refractivity contribution in [3.63, 3.8) is 0 Å². The number of aromatic nitrogens is 4. The number of hydrogen-bond acceptors (Lipinski definition) is 6. The molecule has 0 unspecified atom stereocenters. The molecule has 0 fully saturated rings. The van der Waals surface area contributed by atoms with Gasteiger partial charge in [-0.3, -0.25) is 0 Å². The number of nitrogens with one attached hydrogen (secondary N) is 1. The van der Waals surface area contributed by atoms with Crippen LogP contribution in [-0.4, -0.2) is 27.0 Å². The number of halogens is 3. The van der Waals surface area contributed by atoms with Gasteiger partial charge < -0.3 is 5.32 Å². The molecule has 2 aromatic heterocycles. The fourth-order valence-electron chi connectivity index (χ4n) is 1.16. The molecule has 0 aliphatic rings. The Kier molecular flexibility index (Phi) is 3.84. The van der Waals surface area contributed by atoms with Crippen LogP contribution in [0.4, 0.5) is 19.0 Å². The summed E-state index contributed by atoms with van der Waals surface area (Å²) in [6, 6.07) is 3.01. The molecular weight excluding hydrogens is 279 g/mol. The summed E-state index contributed by atoms with van der Waals surface area (Å²) in [5.74, 6) is -1.11. The first-order valence-electron chi connectivity index (χ1n) is 5.08. The summed E-state index contributed by atoms with van der Waals surface area (Å²) in [4.78, 5) is 14.6. The van der Waals surface area contributed by atoms with Gasteiger partial charge in [0.15, 0.2) is 5.16 Å². The highest BCUT2D eigenvalue weighted by Gasteiger charge is 2.35. The second-order valence-electron chi connectivity index (χ2n) is 3.30. The molecule has 0 bridgehead atoms. The van der Waals surface area contributed by atoms with Crippen molar-refractivity contribution in [2.75, 3.05) is 12.4 Å². The first-order valence-corrected chi connectivity index (χ1v) is 5.89. The molecule has 0 aromatic carbocycles. The lowest BCUT2D eigenvalue weighted by molar-refractivity contribution is -0.145. The van der Waals surface area contributed by atoms with E-state index in [-0.39, 0.29) is 10.8 Å². The monoisotopic (exact) mass is 287 g/mol. The smallest absolute Gasteiger partial charge is 0.373 e. The van der Waals surface area contributed by atoms with E-state index in [1.54, 1.807) is 6.07 Å². The van der Waals surface area contributed by atoms with Crippen LogP contribution in [0.25, 0.3) is 0 Å². The molecule has 0 saturated heterocycles. The normalized spacial score (nSPS) is 11.4. The SMILES string of the molecule is CNc1cc(Sc2ncccn2)nc(C(F)(F)F)n1. The van der Waals surface area contributed by atoms with Gasteiger partial charge in [0.2, 0.25) is 5.82 Å². The Labute approximate surface area is 110 Å². The van der Waals surface area contributed by atoms with Gasteiger partial charge in [-0.1, -0.05) is 0 Å². The molecule has 0 saturated carbocycles. The molecule has 0 aliphatic carbocycles. The Hall–Kier alpha value is -1.90. The van der Waals surface area contributed by atoms with Gasteiger partial charge in [0, 0.05) is 25.5 Å². The molecule has 5 nitrogen and oxygen atoms in total. The lowest BCUT2D eigenvalue weighted by Crippen LogP contribution is -2.12. The first-order chi connectivity index (χ1) is 8.99. The lowest BCUT2D eigenvalue weighted by atomic mass is 10.5. The van der Waals surface area contributed by atoms with E-state index in [0.29, 0.717) is 5.16 Å². The summed E-state index contributed by atoms with van der Waals surface area (Å²) in [7, 11) is 1.48. The topological polar surface area (TPSA) is 63.6 Å². The summed E-state index contributed by atoms with van der Waals surface area (Å²) >= 11 is 0.934. The number of nitrogens with zero attached hydrogens (tertiary/aromatic N) is 4. The van der Waals surface area contributed by atoms with Crippen molar-refractivity contribution < 1.29 is 13.2 Å². The fraction of sp³-hybridized carbons (Fsp3) is 0.200. The molecular formula is C10H8F3N5S. The van der Waals surface area contributed by atoms with Crippen LogP contribution in [0.1, 0.15) is 5.82 Å². The van der Waals surface area contributed by atoms with Crippen molar-refractivity contribution in [3.05, 3.63) is 30.4 Å². The van der Waals surface area contributed by atoms with E-state index < -0.39 is 12.0 Å². The third-order valence-electron chi connectivity index (χ3n) is 1.95. The molecule has 0 spiro atoms. The molecule has 2 aromatic rings. The van der Waals surface area contributed by atoms with Gasteiger partial charge in [-0.05, 0) is 17.8 Å². The largest absolute Gasteiger partial charge is 0.451 e. The standard InChI is InChI=1S/C10H8F3N5S/c1-14-6-5-7(18-8(17-6)10(11,12)13)19-9-15-3-2-4-16-9/h2-5H,1H3,(H,14,17,18). The molecule has 100 valence electrons. The first kappa shape index (κ1) is 13.5. The Morgan fingerprint density at radius 3 is 2.42 bits per heavy atom. The summed E-state index contributed by atoms with van der Waals surface area (Å²) in [6.45, 7) is 0. The summed E-state index contributed by atoms with van der Waals surface area (Å²) in [6.07, 6.45) is -1.60. The summed E-state index contributed by atoms with van der Waals surface area (Å²) in [5, 5.41) is 3.00. The quantitative estimate of drug-likeness (QED) is 0.691. The maximum Gasteiger partial charge on any atom is 0.451 e. The molecule has 0 radical (unpaired) electrons. The van der Waals surface area contributed by atoms with E-state index in [2.05, 4.69) is 25.3 Å². The van der Waals surface area contributed by atoms with E-state index in [1.165, 1.54) is 25.5 Å². The highest BCUT2D eigenvalue weighted by atomic mass is 32.2. The number of anilines is 1. The van der Waals surface area contributed by atoms with Gasteiger partial charge in [-0.2, -0.15) is 13.2 Å². The fourth-order valence-corrected chi connectivity index (χ4v) is 1.88. The molecule has 2 rings (SSSR count). The van der Waals surface area contributed by atoms with Gasteiger partial charge in [0.05, 0.1) is 0 Å². The Balaban J connectivity index is 2.35. The Morgan fingerprint density at radius 2 is 1.84 bits per heavy atom. The molecule has 9 heteroatoms. The van der Waals surface area contributed by atoms with Crippen LogP contribution in [0.5, 0.6) is 0 Å². The van der Waals surface area contributed by atoms with E-state index in [9.17, 15) is 13.2 Å². The Morgan fingerprint density at radius 1 is 1.16 bits per heavy atom. The molecule has 0 amide bonds. The average molecular weight is 287 g/mol. The molecule has 0 atom stereocenters. The van der Waals surface area contributed by atoms with E-state index in [4.69, 9.17) is 0 Å². The van der Waals surface area contributed by atoms with Crippen LogP contribution in [0.3, 0.4) is 0 Å². The van der Waals surface area contributed by atoms with Crippen LogP contribution < -0.4 is 5.32 Å². The second kappa shape index (κ2) is 5.39. The van der Waals surface area contributed by atoms with Gasteiger partial charge >= 0.3 is 6.18 Å². The maximum atomic E-state index is 12.6. The van der Waals surface area contributed by atoms with Gasteiger partial charge in [-0.15, -0.1) is 0 Å². The maximum absolute atomic E-state index is 12.6. The minimum Gasteiger partial charge on any atom is -0.373 e. The van der Waals surface area contributed by atoms with E-state index in [0.717, 1.165) is 11.8 Å². The van der Waals surface area contributed by atoms with Crippen LogP contribution in [-0.2, 0) is 6.18 Å². The van der Waals surface area contributed by atoms with Crippen LogP contribution in [0, 0.1) is 0 Å². The molecule has 1 N–H and O–H groups in total. The van der Waals surface area contributed by atoms with Gasteiger partial charge in [0.25, 0.3) is 0 Å². The summed E-state index contributed by atoms with van der Waals surface area (Å²) in [5.41, 5.74) is 0. The minimum absolute atomic E-state index is 0.0840. The molecule has 2 heterocycles. The van der Waals surface area contributed by atoms with Crippen molar-refractivity contribution >= 4 is 17.6 Å². The lowest BCUT2D eigenvalue weighted by Gasteiger charge is -2.09. The van der Waals surface area contributed by atoms with Crippen LogP contribution >= 0.6 is 11.8 Å². The molecule has 0 aliphatic heterocycles. The Bertz CT molecular complexity index is 561. The number of rotatable bonds is 3. The predicted octanol–water partition coefficient (Wildman–Crippen LogP) is 2.48. The van der Waals surface area contributed by atoms with Crippen molar-refractivity contribution in [1.29, 1.82) is 0 Å². The second-order valence-corrected chi connectivity index (χ2v) is 4.28. The zero-order valence-corrected chi connectivity index (χ0v) is 10.5. The number of alkyl halides is 3. The van der Waals surface area contributed by atoms with Crippen molar-refractivity contribution in [3.8, 4) is 0 Å². The zero-order valence-electron chi connectivity index (χ0n) is 9.64. The van der Waals surface area contributed by atoms with Gasteiger partial charge in [-0.25, -0.2) is 19.9 Å². The zero-order chi connectivity index (χ0) is 13.9. The third-order valence-corrected chi connectivity index (χ3v) is 2.76. The number of hydrogen-bond donors (Lipinski definition) is 1. The van der Waals surface area contributed by atoms with Gasteiger partial charge in [0.1, 0.15) is 10.8 Å². The highest BCUT2D eigenvalue weighted by Crippen LogP contribution is 2.30. The van der Waals surface area contributed by atoms with Crippen LogP contribution in [0.15, 0.2) is 34.7 Å². The van der Waals surface area contributed by atoms with E-state index >= 15 is 0 Å². The van der Waals surface area contributed by atoms with Crippen molar-refractivity contribution in [1.82, 2.24) is 19.9 Å².